The summed E-state index contributed by atoms with van der Waals surface area (Å²) >= 11 is 1.76. The Balaban J connectivity index is 2.50. The van der Waals surface area contributed by atoms with Crippen molar-refractivity contribution in [2.45, 2.75) is 18.9 Å². The van der Waals surface area contributed by atoms with Crippen LogP contribution in [0.2, 0.25) is 0 Å². The van der Waals surface area contributed by atoms with E-state index in [9.17, 15) is 4.79 Å². The molecule has 1 aliphatic heterocycles. The molecule has 0 aromatic heterocycles. The van der Waals surface area contributed by atoms with Crippen molar-refractivity contribution in [2.24, 2.45) is 0 Å². The normalized spacial score (nSPS) is 25.4. The monoisotopic (exact) mass is 255 g/mol. The molecule has 4 heteroatoms. The van der Waals surface area contributed by atoms with E-state index < -0.39 is 0 Å². The number of carbonyl (C=O) groups is 1. The topological polar surface area (TPSA) is 40.5 Å². The van der Waals surface area contributed by atoms with Gasteiger partial charge in [-0.1, -0.05) is 0 Å². The van der Waals surface area contributed by atoms with Crippen LogP contribution in [0.1, 0.15) is 12.8 Å². The molecule has 3 nitrogen and oxygen atoms in total. The number of likely N-dealkylation sites (tertiary alicyclic amines) is 1. The quantitative estimate of drug-likeness (QED) is 0.431. The maximum absolute atomic E-state index is 10.8. The summed E-state index contributed by atoms with van der Waals surface area (Å²) in [6.07, 6.45) is 1.98. The second kappa shape index (κ2) is 3.52. The molecule has 10 heavy (non-hydrogen) atoms. The largest absolute Gasteiger partial charge is 0.394 e. The highest BCUT2D eigenvalue weighted by atomic mass is 127. The molecule has 1 unspecified atom stereocenters. The number of rotatable bonds is 1. The first-order valence-corrected chi connectivity index (χ1v) is 4.40. The van der Waals surface area contributed by atoms with Gasteiger partial charge in [-0.15, -0.1) is 0 Å². The van der Waals surface area contributed by atoms with E-state index in [2.05, 4.69) is 0 Å². The molecule has 58 valence electrons. The van der Waals surface area contributed by atoms with Gasteiger partial charge in [-0.3, -0.25) is 4.79 Å². The van der Waals surface area contributed by atoms with E-state index in [0.29, 0.717) is 0 Å². The Morgan fingerprint density at radius 3 is 2.90 bits per heavy atom. The van der Waals surface area contributed by atoms with E-state index in [1.165, 1.54) is 0 Å². The minimum Gasteiger partial charge on any atom is -0.394 e. The maximum Gasteiger partial charge on any atom is 0.283 e. The Morgan fingerprint density at radius 1 is 1.80 bits per heavy atom. The van der Waals surface area contributed by atoms with Crippen LogP contribution in [-0.2, 0) is 0 Å². The third-order valence-electron chi connectivity index (χ3n) is 1.81. The highest BCUT2D eigenvalue weighted by molar-refractivity contribution is 14.1. The molecule has 1 rings (SSSR count). The van der Waals surface area contributed by atoms with E-state index >= 15 is 0 Å². The molecule has 0 spiro atoms. The lowest BCUT2D eigenvalue weighted by Gasteiger charge is -2.19. The Hall–Kier alpha value is 0.160. The molecule has 0 aromatic rings. The molecular weight excluding hydrogens is 245 g/mol. The van der Waals surface area contributed by atoms with Crippen molar-refractivity contribution in [3.05, 3.63) is 0 Å². The fourth-order valence-corrected chi connectivity index (χ4v) is 1.89. The smallest absolute Gasteiger partial charge is 0.283 e. The summed E-state index contributed by atoms with van der Waals surface area (Å²) in [6.45, 7) is 0.918. The van der Waals surface area contributed by atoms with Gasteiger partial charge in [0.15, 0.2) is 0 Å². The molecule has 0 aliphatic carbocycles. The third-order valence-corrected chi connectivity index (χ3v) is 2.43. The van der Waals surface area contributed by atoms with Crippen molar-refractivity contribution < 1.29 is 9.90 Å². The highest BCUT2D eigenvalue weighted by Gasteiger charge is 2.25. The highest BCUT2D eigenvalue weighted by Crippen LogP contribution is 2.18. The van der Waals surface area contributed by atoms with E-state index in [-0.39, 0.29) is 16.6 Å². The molecule has 1 aliphatic rings. The predicted molar refractivity (Wildman–Crippen MR) is 46.2 cm³/mol. The number of halogens is 1. The molecule has 0 bridgehead atoms. The third kappa shape index (κ3) is 1.60. The van der Waals surface area contributed by atoms with Crippen molar-refractivity contribution in [3.8, 4) is 0 Å². The number of amides is 1. The van der Waals surface area contributed by atoms with E-state index in [1.807, 2.05) is 0 Å². The van der Waals surface area contributed by atoms with Gasteiger partial charge >= 0.3 is 0 Å². The summed E-state index contributed by atoms with van der Waals surface area (Å²) in [6, 6.07) is 0.0874. The Kier molecular flexibility index (Phi) is 2.91. The van der Waals surface area contributed by atoms with Crippen LogP contribution in [0.3, 0.4) is 0 Å². The first kappa shape index (κ1) is 8.26. The number of aliphatic hydroxyl groups excluding tert-OH is 1. The van der Waals surface area contributed by atoms with Gasteiger partial charge in [-0.25, -0.2) is 0 Å². The van der Waals surface area contributed by atoms with Crippen molar-refractivity contribution in [3.63, 3.8) is 0 Å². The van der Waals surface area contributed by atoms with Gasteiger partial charge in [0.05, 0.1) is 12.6 Å². The van der Waals surface area contributed by atoms with Crippen LogP contribution >= 0.6 is 22.6 Å². The lowest BCUT2D eigenvalue weighted by molar-refractivity contribution is 0.176. The minimum atomic E-state index is 0.0501. The molecule has 1 heterocycles. The van der Waals surface area contributed by atoms with Gasteiger partial charge < -0.3 is 10.0 Å². The van der Waals surface area contributed by atoms with Crippen LogP contribution in [0, 0.1) is 0 Å². The zero-order valence-electron chi connectivity index (χ0n) is 5.59. The second-order valence-corrected chi connectivity index (χ2v) is 3.35. The van der Waals surface area contributed by atoms with Gasteiger partial charge in [0, 0.05) is 29.1 Å². The molecule has 0 saturated carbocycles. The second-order valence-electron chi connectivity index (χ2n) is 2.42. The van der Waals surface area contributed by atoms with Crippen LogP contribution in [-0.4, -0.2) is 33.1 Å². The van der Waals surface area contributed by atoms with Crippen LogP contribution in [0.15, 0.2) is 0 Å². The lowest BCUT2D eigenvalue weighted by Crippen LogP contribution is -2.33. The zero-order valence-corrected chi connectivity index (χ0v) is 7.74. The van der Waals surface area contributed by atoms with Crippen LogP contribution < -0.4 is 0 Å². The summed E-state index contributed by atoms with van der Waals surface area (Å²) in [5.41, 5.74) is 0. The number of aliphatic hydroxyl groups is 1. The molecule has 1 amide bonds. The van der Waals surface area contributed by atoms with Crippen LogP contribution in [0.25, 0.3) is 0 Å². The molecule has 1 saturated heterocycles. The maximum atomic E-state index is 10.8. The van der Waals surface area contributed by atoms with Gasteiger partial charge in [-0.2, -0.15) is 0 Å². The Morgan fingerprint density at radius 2 is 2.50 bits per heavy atom. The molecule has 0 radical (unpaired) electrons. The lowest BCUT2D eigenvalue weighted by atomic mass is 10.2. The predicted octanol–water partition coefficient (Wildman–Crippen LogP) is 0.998. The average Bonchev–Trinajstić information content (AvgIpc) is 2.33. The zero-order chi connectivity index (χ0) is 7.56. The van der Waals surface area contributed by atoms with E-state index in [0.717, 1.165) is 19.4 Å². The number of hydrogen-bond donors (Lipinski definition) is 1. The minimum absolute atomic E-state index is 0.0501. The molecule has 0 aromatic carbocycles. The first-order valence-electron chi connectivity index (χ1n) is 3.32. The summed E-state index contributed by atoms with van der Waals surface area (Å²) in [4.78, 5) is 12.5. The molecule has 1 atom stereocenters. The fourth-order valence-electron chi connectivity index (χ4n) is 1.26. The summed E-state index contributed by atoms with van der Waals surface area (Å²) in [7, 11) is 0. The number of carbonyl (C=O) groups excluding carboxylic acids is 1. The van der Waals surface area contributed by atoms with Crippen LogP contribution in [0.5, 0.6) is 0 Å². The summed E-state index contributed by atoms with van der Waals surface area (Å²) in [5, 5.41) is 8.79. The van der Waals surface area contributed by atoms with Crippen molar-refractivity contribution in [2.75, 3.05) is 13.2 Å². The van der Waals surface area contributed by atoms with E-state index in [4.69, 9.17) is 5.11 Å². The number of hydrogen-bond acceptors (Lipinski definition) is 2. The standard InChI is InChI=1S/C6H10INO2/c7-6(10)8-3-1-2-5(8)4-9/h5,9H,1-4H2. The van der Waals surface area contributed by atoms with Crippen LogP contribution in [0.4, 0.5) is 4.79 Å². The first-order chi connectivity index (χ1) is 4.75. The van der Waals surface area contributed by atoms with Gasteiger partial charge in [0.2, 0.25) is 0 Å². The fraction of sp³-hybridized carbons (Fsp3) is 0.833. The average molecular weight is 255 g/mol. The van der Waals surface area contributed by atoms with Crippen molar-refractivity contribution in [1.29, 1.82) is 0 Å². The SMILES string of the molecule is O=C(I)N1CCCC1CO. The summed E-state index contributed by atoms with van der Waals surface area (Å²) in [5.74, 6) is 0. The Labute approximate surface area is 73.5 Å². The van der Waals surface area contributed by atoms with Gasteiger partial charge in [-0.05, 0) is 12.8 Å². The molecular formula is C6H10INO2. The summed E-state index contributed by atoms with van der Waals surface area (Å²) < 4.78 is 0.0501. The van der Waals surface area contributed by atoms with E-state index in [1.54, 1.807) is 27.5 Å². The van der Waals surface area contributed by atoms with Crippen molar-refractivity contribution >= 4 is 26.5 Å². The molecule has 1 N–H and O–H groups in total. The van der Waals surface area contributed by atoms with Gasteiger partial charge in [0.1, 0.15) is 0 Å². The van der Waals surface area contributed by atoms with Crippen molar-refractivity contribution in [1.82, 2.24) is 4.90 Å². The Bertz CT molecular complexity index is 140. The number of nitrogens with zero attached hydrogens (tertiary/aromatic N) is 1. The van der Waals surface area contributed by atoms with Gasteiger partial charge in [0.25, 0.3) is 3.91 Å². The molecule has 1 fully saturated rings.